The number of hydrogen-bond donors (Lipinski definition) is 1. The Morgan fingerprint density at radius 2 is 1.55 bits per heavy atom. The van der Waals surface area contributed by atoms with Gasteiger partial charge in [-0.3, -0.25) is 13.9 Å². The smallest absolute Gasteiger partial charge is 0.264 e. The van der Waals surface area contributed by atoms with Crippen LogP contribution in [0.4, 0.5) is 10.1 Å². The average Bonchev–Trinajstić information content (AvgIpc) is 3.03. The molecule has 0 aliphatic rings. The predicted octanol–water partition coefficient (Wildman–Crippen LogP) is 5.46. The summed E-state index contributed by atoms with van der Waals surface area (Å²) in [6.45, 7) is 1.32. The van der Waals surface area contributed by atoms with Crippen LogP contribution in [0.15, 0.2) is 108 Å². The predicted molar refractivity (Wildman–Crippen MR) is 169 cm³/mol. The Bertz CT molecular complexity index is 1670. The Balaban J connectivity index is 1.83. The van der Waals surface area contributed by atoms with Crippen LogP contribution in [0.25, 0.3) is 0 Å². The number of nitrogens with zero attached hydrogens (tertiary/aromatic N) is 2. The van der Waals surface area contributed by atoms with Crippen LogP contribution >= 0.6 is 11.6 Å². The number of hydrogen-bond acceptors (Lipinski definition) is 5. The van der Waals surface area contributed by atoms with Gasteiger partial charge in [-0.2, -0.15) is 0 Å². The number of likely N-dealkylation sites (N-methyl/N-ethyl adjacent to an activating group) is 1. The Morgan fingerprint density at radius 1 is 0.909 bits per heavy atom. The summed E-state index contributed by atoms with van der Waals surface area (Å²) in [5.41, 5.74) is 1.40. The van der Waals surface area contributed by atoms with E-state index < -0.39 is 40.2 Å². The Kier molecular flexibility index (Phi) is 11.0. The third-order valence-electron chi connectivity index (χ3n) is 6.91. The van der Waals surface area contributed by atoms with E-state index in [1.807, 2.05) is 30.3 Å². The van der Waals surface area contributed by atoms with Gasteiger partial charge in [-0.05, 0) is 60.5 Å². The molecule has 4 aromatic carbocycles. The maximum Gasteiger partial charge on any atom is 0.264 e. The normalized spacial score (nSPS) is 11.8. The lowest BCUT2D eigenvalue weighted by atomic mass is 10.0. The molecule has 230 valence electrons. The van der Waals surface area contributed by atoms with E-state index in [-0.39, 0.29) is 34.3 Å². The number of nitrogens with one attached hydrogen (secondary N) is 1. The van der Waals surface area contributed by atoms with Crippen LogP contribution < -0.4 is 14.4 Å². The van der Waals surface area contributed by atoms with Gasteiger partial charge in [0, 0.05) is 24.5 Å². The monoisotopic (exact) mass is 637 g/mol. The highest BCUT2D eigenvalue weighted by molar-refractivity contribution is 7.92. The van der Waals surface area contributed by atoms with Gasteiger partial charge < -0.3 is 15.0 Å². The summed E-state index contributed by atoms with van der Waals surface area (Å²) in [6, 6.07) is 25.9. The lowest BCUT2D eigenvalue weighted by molar-refractivity contribution is -0.140. The van der Waals surface area contributed by atoms with Gasteiger partial charge in [0.15, 0.2) is 0 Å². The third kappa shape index (κ3) is 7.94. The van der Waals surface area contributed by atoms with Gasteiger partial charge in [0.25, 0.3) is 10.0 Å². The largest absolute Gasteiger partial charge is 0.495 e. The van der Waals surface area contributed by atoms with E-state index in [4.69, 9.17) is 16.3 Å². The zero-order valence-electron chi connectivity index (χ0n) is 24.3. The summed E-state index contributed by atoms with van der Waals surface area (Å²) in [7, 11) is -2.95. The van der Waals surface area contributed by atoms with E-state index >= 15 is 0 Å². The summed E-state index contributed by atoms with van der Waals surface area (Å²) in [5.74, 6) is -1.35. The molecule has 1 atom stereocenters. The highest BCUT2D eigenvalue weighted by Gasteiger charge is 2.35. The van der Waals surface area contributed by atoms with Gasteiger partial charge >= 0.3 is 0 Å². The number of carbonyl (C=O) groups is 2. The van der Waals surface area contributed by atoms with Gasteiger partial charge in [-0.1, -0.05) is 72.3 Å². The highest BCUT2D eigenvalue weighted by Crippen LogP contribution is 2.35. The molecule has 0 aliphatic heterocycles. The molecule has 4 rings (SSSR count). The van der Waals surface area contributed by atoms with Crippen molar-refractivity contribution in [3.05, 3.63) is 125 Å². The maximum absolute atomic E-state index is 14.4. The molecule has 44 heavy (non-hydrogen) atoms. The standard InChI is InChI=1S/C33H33ClFN3O5S/c1-3-36-33(40)30(20-24-10-6-4-7-11-24)37(22-25-14-17-27(35)18-15-25)32(39)23-38(29-21-26(34)16-19-31(29)43-2)44(41,42)28-12-8-5-9-13-28/h4-19,21,30H,3,20,22-23H2,1-2H3,(H,36,40). The first-order valence-corrected chi connectivity index (χ1v) is 15.7. The highest BCUT2D eigenvalue weighted by atomic mass is 35.5. The summed E-state index contributed by atoms with van der Waals surface area (Å²) in [6.07, 6.45) is 0.158. The van der Waals surface area contributed by atoms with Crippen molar-refractivity contribution in [2.45, 2.75) is 30.8 Å². The van der Waals surface area contributed by atoms with Crippen LogP contribution in [-0.2, 0) is 32.6 Å². The van der Waals surface area contributed by atoms with E-state index in [0.29, 0.717) is 12.1 Å². The van der Waals surface area contributed by atoms with Gasteiger partial charge in [0.2, 0.25) is 11.8 Å². The van der Waals surface area contributed by atoms with Gasteiger partial charge in [-0.25, -0.2) is 12.8 Å². The second-order valence-corrected chi connectivity index (χ2v) is 12.2. The fraction of sp³-hybridized carbons (Fsp3) is 0.212. The van der Waals surface area contributed by atoms with Crippen molar-refractivity contribution in [3.8, 4) is 5.75 Å². The summed E-state index contributed by atoms with van der Waals surface area (Å²) in [5, 5.41) is 3.03. The van der Waals surface area contributed by atoms with E-state index in [9.17, 15) is 22.4 Å². The van der Waals surface area contributed by atoms with Gasteiger partial charge in [0.05, 0.1) is 17.7 Å². The lowest BCUT2D eigenvalue weighted by Crippen LogP contribution is -2.53. The molecule has 0 heterocycles. The summed E-state index contributed by atoms with van der Waals surface area (Å²) >= 11 is 6.29. The Morgan fingerprint density at radius 3 is 2.16 bits per heavy atom. The van der Waals surface area contributed by atoms with Crippen LogP contribution in [0, 0.1) is 5.82 Å². The van der Waals surface area contributed by atoms with Crippen LogP contribution in [0.3, 0.4) is 0 Å². The van der Waals surface area contributed by atoms with Crippen molar-refractivity contribution in [2.24, 2.45) is 0 Å². The molecular formula is C33H33ClFN3O5S. The lowest BCUT2D eigenvalue weighted by Gasteiger charge is -2.34. The fourth-order valence-electron chi connectivity index (χ4n) is 4.72. The van der Waals surface area contributed by atoms with Crippen LogP contribution in [0.1, 0.15) is 18.1 Å². The van der Waals surface area contributed by atoms with Gasteiger partial charge in [-0.15, -0.1) is 0 Å². The van der Waals surface area contributed by atoms with Crippen LogP contribution in [0.5, 0.6) is 5.75 Å². The Labute approximate surface area is 262 Å². The molecule has 8 nitrogen and oxygen atoms in total. The molecule has 0 aliphatic carbocycles. The van der Waals surface area contributed by atoms with Crippen molar-refractivity contribution in [1.29, 1.82) is 0 Å². The third-order valence-corrected chi connectivity index (χ3v) is 8.92. The molecule has 2 amide bonds. The molecule has 0 spiro atoms. The Hall–Kier alpha value is -4.41. The molecule has 4 aromatic rings. The second kappa shape index (κ2) is 14.9. The first kappa shape index (κ1) is 32.5. The average molecular weight is 638 g/mol. The number of halogens is 2. The van der Waals surface area contributed by atoms with Gasteiger partial charge in [0.1, 0.15) is 24.2 Å². The fourth-order valence-corrected chi connectivity index (χ4v) is 6.33. The molecular weight excluding hydrogens is 605 g/mol. The molecule has 0 saturated carbocycles. The zero-order valence-corrected chi connectivity index (χ0v) is 25.9. The second-order valence-electron chi connectivity index (χ2n) is 9.89. The molecule has 0 fully saturated rings. The molecule has 11 heteroatoms. The SMILES string of the molecule is CCNC(=O)C(Cc1ccccc1)N(Cc1ccc(F)cc1)C(=O)CN(c1cc(Cl)ccc1OC)S(=O)(=O)c1ccccc1. The minimum Gasteiger partial charge on any atom is -0.495 e. The minimum atomic E-state index is -4.33. The number of amides is 2. The zero-order chi connectivity index (χ0) is 31.7. The van der Waals surface area contributed by atoms with E-state index in [1.165, 1.54) is 60.5 Å². The number of rotatable bonds is 13. The van der Waals surface area contributed by atoms with Crippen molar-refractivity contribution in [3.63, 3.8) is 0 Å². The quantitative estimate of drug-likeness (QED) is 0.210. The van der Waals surface area contributed by atoms with E-state index in [0.717, 1.165) is 9.87 Å². The first-order chi connectivity index (χ1) is 21.1. The topological polar surface area (TPSA) is 96.0 Å². The number of anilines is 1. The molecule has 1 N–H and O–H groups in total. The minimum absolute atomic E-state index is 0.0514. The summed E-state index contributed by atoms with van der Waals surface area (Å²) < 4.78 is 48.4. The van der Waals surface area contributed by atoms with Crippen LogP contribution in [-0.4, -0.2) is 51.4 Å². The van der Waals surface area contributed by atoms with Crippen molar-refractivity contribution in [2.75, 3.05) is 24.5 Å². The molecule has 0 aromatic heterocycles. The molecule has 0 saturated heterocycles. The number of ether oxygens (including phenoxy) is 1. The van der Waals surface area contributed by atoms with Crippen molar-refractivity contribution in [1.82, 2.24) is 10.2 Å². The molecule has 0 radical (unpaired) electrons. The number of methoxy groups -OCH3 is 1. The maximum atomic E-state index is 14.4. The van der Waals surface area contributed by atoms with Crippen LogP contribution in [0.2, 0.25) is 5.02 Å². The first-order valence-electron chi connectivity index (χ1n) is 13.9. The van der Waals surface area contributed by atoms with Crippen molar-refractivity contribution >= 4 is 39.1 Å². The number of benzene rings is 4. The van der Waals surface area contributed by atoms with E-state index in [1.54, 1.807) is 31.2 Å². The molecule has 0 bridgehead atoms. The summed E-state index contributed by atoms with van der Waals surface area (Å²) in [4.78, 5) is 29.2. The number of sulfonamides is 1. The molecule has 1 unspecified atom stereocenters. The number of carbonyl (C=O) groups excluding carboxylic acids is 2. The van der Waals surface area contributed by atoms with Crippen molar-refractivity contribution < 1.29 is 27.1 Å². The van der Waals surface area contributed by atoms with E-state index in [2.05, 4.69) is 5.32 Å².